The smallest absolute Gasteiger partial charge is 0.131 e. The molecule has 2 aromatic rings. The number of nitrogen functional groups attached to an aromatic ring is 1. The highest BCUT2D eigenvalue weighted by atomic mass is 79.9. The second-order valence-corrected chi connectivity index (χ2v) is 3.63. The lowest BCUT2D eigenvalue weighted by molar-refractivity contribution is 1.17. The van der Waals surface area contributed by atoms with Crippen molar-refractivity contribution in [3.63, 3.8) is 0 Å². The Bertz CT molecular complexity index is 444. The Morgan fingerprint density at radius 2 is 1.86 bits per heavy atom. The van der Waals surface area contributed by atoms with Crippen molar-refractivity contribution >= 4 is 21.7 Å². The average molecular weight is 251 g/mol. The van der Waals surface area contributed by atoms with Gasteiger partial charge in [0.05, 0.1) is 0 Å². The highest BCUT2D eigenvalue weighted by Gasteiger charge is 2.04. The van der Waals surface area contributed by atoms with Crippen molar-refractivity contribution in [3.8, 4) is 11.1 Å². The molecule has 2 heterocycles. The van der Waals surface area contributed by atoms with Crippen molar-refractivity contribution in [2.45, 2.75) is 0 Å². The molecule has 0 saturated heterocycles. The van der Waals surface area contributed by atoms with Crippen LogP contribution in [0.25, 0.3) is 11.1 Å². The number of halogens is 1. The summed E-state index contributed by atoms with van der Waals surface area (Å²) in [7, 11) is 0. The van der Waals surface area contributed by atoms with Gasteiger partial charge in [0.15, 0.2) is 0 Å². The molecule has 0 aliphatic rings. The summed E-state index contributed by atoms with van der Waals surface area (Å²) in [5.41, 5.74) is 7.43. The number of nitrogens with two attached hydrogens (primary N) is 1. The van der Waals surface area contributed by atoms with Crippen molar-refractivity contribution in [1.82, 2.24) is 15.0 Å². The van der Waals surface area contributed by atoms with Gasteiger partial charge < -0.3 is 5.73 Å². The van der Waals surface area contributed by atoms with Gasteiger partial charge in [-0.1, -0.05) is 0 Å². The van der Waals surface area contributed by atoms with Crippen molar-refractivity contribution in [1.29, 1.82) is 0 Å². The van der Waals surface area contributed by atoms with E-state index in [2.05, 4.69) is 30.9 Å². The Morgan fingerprint density at radius 3 is 2.57 bits per heavy atom. The van der Waals surface area contributed by atoms with Crippen LogP contribution in [0, 0.1) is 0 Å². The maximum atomic E-state index is 5.73. The average Bonchev–Trinajstić information content (AvgIpc) is 2.23. The fourth-order valence-electron chi connectivity index (χ4n) is 1.12. The molecule has 0 bridgehead atoms. The molecule has 0 atom stereocenters. The zero-order valence-electron chi connectivity index (χ0n) is 7.18. The lowest BCUT2D eigenvalue weighted by Crippen LogP contribution is -1.94. The van der Waals surface area contributed by atoms with E-state index in [9.17, 15) is 0 Å². The van der Waals surface area contributed by atoms with E-state index in [-0.39, 0.29) is 0 Å². The first-order valence-electron chi connectivity index (χ1n) is 3.94. The molecule has 0 unspecified atom stereocenters. The van der Waals surface area contributed by atoms with Gasteiger partial charge >= 0.3 is 0 Å². The summed E-state index contributed by atoms with van der Waals surface area (Å²) in [6.07, 6.45) is 6.54. The molecule has 0 saturated carbocycles. The van der Waals surface area contributed by atoms with Crippen molar-refractivity contribution in [3.05, 3.63) is 35.5 Å². The van der Waals surface area contributed by atoms with E-state index in [1.165, 1.54) is 6.33 Å². The van der Waals surface area contributed by atoms with Crippen molar-refractivity contribution in [2.75, 3.05) is 5.73 Å². The van der Waals surface area contributed by atoms with Crippen LogP contribution in [0.3, 0.4) is 0 Å². The Morgan fingerprint density at radius 1 is 1.14 bits per heavy atom. The number of hydrogen-bond donors (Lipinski definition) is 1. The molecule has 0 aromatic carbocycles. The van der Waals surface area contributed by atoms with Gasteiger partial charge in [0.25, 0.3) is 0 Å². The molecule has 4 nitrogen and oxygen atoms in total. The Labute approximate surface area is 89.4 Å². The van der Waals surface area contributed by atoms with E-state index < -0.39 is 0 Å². The summed E-state index contributed by atoms with van der Waals surface area (Å²) in [6.45, 7) is 0. The van der Waals surface area contributed by atoms with E-state index in [1.807, 2.05) is 6.07 Å². The summed E-state index contributed by atoms with van der Waals surface area (Å²) < 4.78 is 0.880. The SMILES string of the molecule is Nc1ncc(Br)cc1-c1cncnc1. The Balaban J connectivity index is 2.57. The minimum Gasteiger partial charge on any atom is -0.383 e. The van der Waals surface area contributed by atoms with E-state index in [0.717, 1.165) is 15.6 Å². The van der Waals surface area contributed by atoms with E-state index in [1.54, 1.807) is 18.6 Å². The standard InChI is InChI=1S/C9H7BrN4/c10-7-1-8(9(11)14-4-7)6-2-12-5-13-3-6/h1-5H,(H2,11,14). The zero-order valence-corrected chi connectivity index (χ0v) is 8.77. The van der Waals surface area contributed by atoms with E-state index in [0.29, 0.717) is 5.82 Å². The highest BCUT2D eigenvalue weighted by Crippen LogP contribution is 2.25. The fraction of sp³-hybridized carbons (Fsp3) is 0. The number of rotatable bonds is 1. The van der Waals surface area contributed by atoms with Crippen LogP contribution in [-0.4, -0.2) is 15.0 Å². The van der Waals surface area contributed by atoms with Crippen LogP contribution in [0.15, 0.2) is 35.5 Å². The number of aromatic nitrogens is 3. The first-order valence-corrected chi connectivity index (χ1v) is 4.73. The fourth-order valence-corrected chi connectivity index (χ4v) is 1.45. The van der Waals surface area contributed by atoms with Crippen LogP contribution in [0.5, 0.6) is 0 Å². The molecule has 2 aromatic heterocycles. The van der Waals surface area contributed by atoms with Crippen LogP contribution >= 0.6 is 15.9 Å². The van der Waals surface area contributed by atoms with Crippen LogP contribution < -0.4 is 5.73 Å². The number of hydrogen-bond acceptors (Lipinski definition) is 4. The number of nitrogens with zero attached hydrogens (tertiary/aromatic N) is 3. The topological polar surface area (TPSA) is 64.7 Å². The quantitative estimate of drug-likeness (QED) is 0.840. The van der Waals surface area contributed by atoms with Crippen LogP contribution in [0.2, 0.25) is 0 Å². The van der Waals surface area contributed by atoms with Crippen LogP contribution in [-0.2, 0) is 0 Å². The Kier molecular flexibility index (Phi) is 2.41. The highest BCUT2D eigenvalue weighted by molar-refractivity contribution is 9.10. The van der Waals surface area contributed by atoms with Gasteiger partial charge in [0.2, 0.25) is 0 Å². The van der Waals surface area contributed by atoms with Gasteiger partial charge in [-0.25, -0.2) is 15.0 Å². The predicted octanol–water partition coefficient (Wildman–Crippen LogP) is 1.88. The molecular weight excluding hydrogens is 244 g/mol. The Hall–Kier alpha value is -1.49. The van der Waals surface area contributed by atoms with Gasteiger partial charge in [-0.2, -0.15) is 0 Å². The molecule has 0 amide bonds. The van der Waals surface area contributed by atoms with Gasteiger partial charge in [0.1, 0.15) is 12.1 Å². The van der Waals surface area contributed by atoms with Crippen LogP contribution in [0.4, 0.5) is 5.82 Å². The number of anilines is 1. The van der Waals surface area contributed by atoms with E-state index in [4.69, 9.17) is 5.73 Å². The third-order valence-electron chi connectivity index (χ3n) is 1.76. The molecule has 70 valence electrons. The van der Waals surface area contributed by atoms with Gasteiger partial charge in [-0.15, -0.1) is 0 Å². The van der Waals surface area contributed by atoms with Crippen molar-refractivity contribution in [2.24, 2.45) is 0 Å². The summed E-state index contributed by atoms with van der Waals surface area (Å²) in [4.78, 5) is 11.9. The van der Waals surface area contributed by atoms with Gasteiger partial charge in [-0.3, -0.25) is 0 Å². The molecule has 0 aliphatic carbocycles. The predicted molar refractivity (Wildman–Crippen MR) is 57.4 cm³/mol. The summed E-state index contributed by atoms with van der Waals surface area (Å²) in [5, 5.41) is 0. The summed E-state index contributed by atoms with van der Waals surface area (Å²) in [5.74, 6) is 0.475. The summed E-state index contributed by atoms with van der Waals surface area (Å²) in [6, 6.07) is 1.89. The summed E-state index contributed by atoms with van der Waals surface area (Å²) >= 11 is 3.33. The molecule has 2 rings (SSSR count). The second-order valence-electron chi connectivity index (χ2n) is 2.71. The first kappa shape index (κ1) is 9.08. The van der Waals surface area contributed by atoms with Gasteiger partial charge in [0, 0.05) is 34.2 Å². The normalized spacial score (nSPS) is 10.1. The maximum Gasteiger partial charge on any atom is 0.131 e. The third-order valence-corrected chi connectivity index (χ3v) is 2.19. The molecule has 0 fully saturated rings. The van der Waals surface area contributed by atoms with Crippen LogP contribution in [0.1, 0.15) is 0 Å². The molecule has 0 radical (unpaired) electrons. The monoisotopic (exact) mass is 250 g/mol. The first-order chi connectivity index (χ1) is 6.77. The second kappa shape index (κ2) is 3.71. The molecule has 5 heteroatoms. The molecular formula is C9H7BrN4. The molecule has 0 aliphatic heterocycles. The largest absolute Gasteiger partial charge is 0.383 e. The van der Waals surface area contributed by atoms with Crippen molar-refractivity contribution < 1.29 is 0 Å². The molecule has 0 spiro atoms. The number of pyridine rings is 1. The lowest BCUT2D eigenvalue weighted by Gasteiger charge is -2.03. The minimum absolute atomic E-state index is 0.475. The lowest BCUT2D eigenvalue weighted by atomic mass is 10.1. The molecule has 2 N–H and O–H groups in total. The van der Waals surface area contributed by atoms with E-state index >= 15 is 0 Å². The minimum atomic E-state index is 0.475. The molecule has 14 heavy (non-hydrogen) atoms. The third kappa shape index (κ3) is 1.72. The maximum absolute atomic E-state index is 5.73. The zero-order chi connectivity index (χ0) is 9.97. The van der Waals surface area contributed by atoms with Gasteiger partial charge in [-0.05, 0) is 22.0 Å².